The lowest BCUT2D eigenvalue weighted by Crippen LogP contribution is -2.27. The van der Waals surface area contributed by atoms with E-state index in [2.05, 4.69) is 26.8 Å². The summed E-state index contributed by atoms with van der Waals surface area (Å²) in [7, 11) is 0. The van der Waals surface area contributed by atoms with Crippen LogP contribution in [-0.4, -0.2) is 16.8 Å². The molecule has 0 bridgehead atoms. The van der Waals surface area contributed by atoms with Crippen LogP contribution < -0.4 is 0 Å². The van der Waals surface area contributed by atoms with Crippen LogP contribution in [0.4, 0.5) is 0 Å². The number of aliphatic hydroxyl groups excluding tert-OH is 2. The van der Waals surface area contributed by atoms with Crippen LogP contribution in [0.1, 0.15) is 46.5 Å². The van der Waals surface area contributed by atoms with Crippen molar-refractivity contribution in [3.8, 4) is 0 Å². The Balaban J connectivity index is 2.98. The first-order valence-electron chi connectivity index (χ1n) is 6.92. The zero-order chi connectivity index (χ0) is 13.6. The summed E-state index contributed by atoms with van der Waals surface area (Å²) in [4.78, 5) is 0. The topological polar surface area (TPSA) is 40.5 Å². The molecular formula is C16H26O2. The highest BCUT2D eigenvalue weighted by Gasteiger charge is 2.33. The maximum absolute atomic E-state index is 9.70. The van der Waals surface area contributed by atoms with Gasteiger partial charge in [-0.25, -0.2) is 0 Å². The van der Waals surface area contributed by atoms with Crippen molar-refractivity contribution >= 4 is 0 Å². The average molecular weight is 250 g/mol. The highest BCUT2D eigenvalue weighted by molar-refractivity contribution is 5.29. The smallest absolute Gasteiger partial charge is 0.111 e. The van der Waals surface area contributed by atoms with Crippen LogP contribution in [0.5, 0.6) is 0 Å². The van der Waals surface area contributed by atoms with E-state index in [-0.39, 0.29) is 12.0 Å². The van der Waals surface area contributed by atoms with E-state index in [0.717, 1.165) is 25.7 Å². The third-order valence-electron chi connectivity index (χ3n) is 4.13. The Morgan fingerprint density at radius 2 is 2.22 bits per heavy atom. The Morgan fingerprint density at radius 3 is 2.78 bits per heavy atom. The first kappa shape index (κ1) is 15.0. The monoisotopic (exact) mass is 250 g/mol. The molecule has 2 N–H and O–H groups in total. The molecule has 0 aromatic heterocycles. The average Bonchev–Trinajstić information content (AvgIpc) is 2.36. The van der Waals surface area contributed by atoms with E-state index in [0.29, 0.717) is 11.7 Å². The van der Waals surface area contributed by atoms with Crippen molar-refractivity contribution in [2.75, 3.05) is 6.61 Å². The summed E-state index contributed by atoms with van der Waals surface area (Å²) < 4.78 is 0. The molecule has 18 heavy (non-hydrogen) atoms. The normalized spacial score (nSPS) is 21.3. The second kappa shape index (κ2) is 6.79. The van der Waals surface area contributed by atoms with Gasteiger partial charge in [-0.2, -0.15) is 0 Å². The molecule has 2 unspecified atom stereocenters. The van der Waals surface area contributed by atoms with E-state index in [1.165, 1.54) is 5.57 Å². The second-order valence-corrected chi connectivity index (χ2v) is 5.40. The second-order valence-electron chi connectivity index (χ2n) is 5.40. The van der Waals surface area contributed by atoms with Gasteiger partial charge in [-0.1, -0.05) is 44.9 Å². The maximum atomic E-state index is 9.70. The number of allylic oxidation sites excluding steroid dienone is 4. The summed E-state index contributed by atoms with van der Waals surface area (Å²) in [6.45, 7) is 6.75. The van der Waals surface area contributed by atoms with Crippen LogP contribution >= 0.6 is 0 Å². The summed E-state index contributed by atoms with van der Waals surface area (Å²) in [5.41, 5.74) is 1.40. The van der Waals surface area contributed by atoms with Crippen LogP contribution in [-0.2, 0) is 0 Å². The van der Waals surface area contributed by atoms with Gasteiger partial charge in [-0.3, -0.25) is 0 Å². The predicted octanol–water partition coefficient (Wildman–Crippen LogP) is 4.14. The standard InChI is InChI=1S/C16H26O2/c1-4-10-16(3,13(2)7-6-11-17)14-8-5-9-15(18)12-14/h6-7,9,12-13,17-18H,4-5,8,10-11H2,1-3H3/b7-6+. The highest BCUT2D eigenvalue weighted by Crippen LogP contribution is 2.44. The molecule has 0 heterocycles. The Labute approximate surface area is 111 Å². The van der Waals surface area contributed by atoms with Gasteiger partial charge in [-0.05, 0) is 42.7 Å². The molecular weight excluding hydrogens is 224 g/mol. The minimum atomic E-state index is 0.0721. The molecule has 0 spiro atoms. The fourth-order valence-corrected chi connectivity index (χ4v) is 2.81. The summed E-state index contributed by atoms with van der Waals surface area (Å²) >= 11 is 0. The van der Waals surface area contributed by atoms with Crippen LogP contribution in [0.2, 0.25) is 0 Å². The molecule has 0 aliphatic heterocycles. The third-order valence-corrected chi connectivity index (χ3v) is 4.13. The van der Waals surface area contributed by atoms with E-state index in [1.807, 2.05) is 18.2 Å². The lowest BCUT2D eigenvalue weighted by atomic mass is 9.67. The molecule has 2 atom stereocenters. The molecule has 1 aliphatic rings. The van der Waals surface area contributed by atoms with Crippen LogP contribution in [0.15, 0.2) is 35.6 Å². The van der Waals surface area contributed by atoms with Crippen molar-refractivity contribution in [1.29, 1.82) is 0 Å². The van der Waals surface area contributed by atoms with Crippen molar-refractivity contribution < 1.29 is 10.2 Å². The number of hydrogen-bond donors (Lipinski definition) is 2. The summed E-state index contributed by atoms with van der Waals surface area (Å²) in [6, 6.07) is 0. The number of rotatable bonds is 6. The van der Waals surface area contributed by atoms with Gasteiger partial charge in [0.2, 0.25) is 0 Å². The minimum absolute atomic E-state index is 0.0721. The highest BCUT2D eigenvalue weighted by atomic mass is 16.3. The largest absolute Gasteiger partial charge is 0.508 e. The molecule has 102 valence electrons. The Morgan fingerprint density at radius 1 is 1.50 bits per heavy atom. The lowest BCUT2D eigenvalue weighted by molar-refractivity contribution is 0.263. The van der Waals surface area contributed by atoms with E-state index in [1.54, 1.807) is 0 Å². The Kier molecular flexibility index (Phi) is 5.67. The Hall–Kier alpha value is -1.02. The number of hydrogen-bond acceptors (Lipinski definition) is 2. The van der Waals surface area contributed by atoms with Gasteiger partial charge < -0.3 is 10.2 Å². The van der Waals surface area contributed by atoms with Gasteiger partial charge in [0.1, 0.15) is 5.76 Å². The van der Waals surface area contributed by atoms with E-state index < -0.39 is 0 Å². The quantitative estimate of drug-likeness (QED) is 0.696. The molecule has 0 aromatic rings. The zero-order valence-electron chi connectivity index (χ0n) is 11.8. The van der Waals surface area contributed by atoms with Gasteiger partial charge in [0.25, 0.3) is 0 Å². The molecule has 0 saturated heterocycles. The predicted molar refractivity (Wildman–Crippen MR) is 76.4 cm³/mol. The van der Waals surface area contributed by atoms with Crippen LogP contribution in [0, 0.1) is 11.3 Å². The molecule has 0 radical (unpaired) electrons. The van der Waals surface area contributed by atoms with E-state index in [4.69, 9.17) is 5.11 Å². The first-order valence-corrected chi connectivity index (χ1v) is 6.92. The van der Waals surface area contributed by atoms with Crippen molar-refractivity contribution in [3.63, 3.8) is 0 Å². The van der Waals surface area contributed by atoms with E-state index >= 15 is 0 Å². The Bertz CT molecular complexity index is 352. The third kappa shape index (κ3) is 3.49. The zero-order valence-corrected chi connectivity index (χ0v) is 11.8. The molecule has 2 heteroatoms. The molecule has 0 aromatic carbocycles. The SMILES string of the molecule is CCCC(C)(C1=CC(O)=CCC1)C(C)/C=C/CO. The van der Waals surface area contributed by atoms with E-state index in [9.17, 15) is 5.11 Å². The first-order chi connectivity index (χ1) is 8.54. The van der Waals surface area contributed by atoms with Crippen LogP contribution in [0.3, 0.4) is 0 Å². The minimum Gasteiger partial charge on any atom is -0.508 e. The van der Waals surface area contributed by atoms with Gasteiger partial charge in [0.05, 0.1) is 6.61 Å². The van der Waals surface area contributed by atoms with Crippen molar-refractivity contribution in [1.82, 2.24) is 0 Å². The van der Waals surface area contributed by atoms with Crippen molar-refractivity contribution in [2.24, 2.45) is 11.3 Å². The molecule has 1 aliphatic carbocycles. The van der Waals surface area contributed by atoms with Gasteiger partial charge in [0.15, 0.2) is 0 Å². The molecule has 0 fully saturated rings. The lowest BCUT2D eigenvalue weighted by Gasteiger charge is -2.38. The molecule has 0 amide bonds. The van der Waals surface area contributed by atoms with Gasteiger partial charge in [-0.15, -0.1) is 0 Å². The van der Waals surface area contributed by atoms with Crippen molar-refractivity contribution in [3.05, 3.63) is 35.6 Å². The number of aliphatic hydroxyl groups is 2. The maximum Gasteiger partial charge on any atom is 0.111 e. The molecule has 0 saturated carbocycles. The summed E-state index contributed by atoms with van der Waals surface area (Å²) in [5.74, 6) is 0.763. The fourth-order valence-electron chi connectivity index (χ4n) is 2.81. The molecule has 2 nitrogen and oxygen atoms in total. The molecule has 1 rings (SSSR count). The van der Waals surface area contributed by atoms with Crippen LogP contribution in [0.25, 0.3) is 0 Å². The summed E-state index contributed by atoms with van der Waals surface area (Å²) in [5, 5.41) is 18.6. The van der Waals surface area contributed by atoms with Gasteiger partial charge in [0, 0.05) is 0 Å². The fraction of sp³-hybridized carbons (Fsp3) is 0.625. The van der Waals surface area contributed by atoms with Gasteiger partial charge >= 0.3 is 0 Å². The summed E-state index contributed by atoms with van der Waals surface area (Å²) in [6.07, 6.45) is 11.9. The van der Waals surface area contributed by atoms with Crippen molar-refractivity contribution in [2.45, 2.75) is 46.5 Å².